The Labute approximate surface area is 294 Å². The Morgan fingerprint density at radius 1 is 1.04 bits per heavy atom. The SMILES string of the molecule is Cc1ccc2c(cnn2C2CCCCO2)c1N1Cc2c(c(N3CCN(C(=O)OC(C)(C)C)CC3)nc(=O)n2-c2ccccc2C(C)C)CC1C. The highest BCUT2D eigenvalue weighted by atomic mass is 16.6. The van der Waals surface area contributed by atoms with Crippen LogP contribution in [0.2, 0.25) is 0 Å². The van der Waals surface area contributed by atoms with Crippen LogP contribution in [0.15, 0.2) is 47.4 Å². The van der Waals surface area contributed by atoms with Crippen molar-refractivity contribution >= 4 is 28.5 Å². The Morgan fingerprint density at radius 3 is 2.50 bits per heavy atom. The summed E-state index contributed by atoms with van der Waals surface area (Å²) < 4.78 is 15.7. The predicted octanol–water partition coefficient (Wildman–Crippen LogP) is 6.72. The first-order valence-electron chi connectivity index (χ1n) is 18.2. The summed E-state index contributed by atoms with van der Waals surface area (Å²) in [5.74, 6) is 0.952. The van der Waals surface area contributed by atoms with Gasteiger partial charge in [-0.05, 0) is 89.5 Å². The summed E-state index contributed by atoms with van der Waals surface area (Å²) in [5, 5.41) is 5.96. The number of nitrogens with zero attached hydrogens (tertiary/aromatic N) is 7. The zero-order valence-electron chi connectivity index (χ0n) is 30.6. The summed E-state index contributed by atoms with van der Waals surface area (Å²) >= 11 is 0. The fraction of sp³-hybridized carbons (Fsp3) is 0.538. The molecule has 0 radical (unpaired) electrons. The topological polar surface area (TPSA) is 98.0 Å². The molecular formula is C39H51N7O4. The number of piperazine rings is 1. The maximum absolute atomic E-state index is 14.3. The second-order valence-corrected chi connectivity index (χ2v) is 15.4. The number of benzene rings is 2. The third-order valence-electron chi connectivity index (χ3n) is 10.3. The van der Waals surface area contributed by atoms with Crippen molar-refractivity contribution < 1.29 is 14.3 Å². The van der Waals surface area contributed by atoms with E-state index in [0.29, 0.717) is 39.1 Å². The van der Waals surface area contributed by atoms with Gasteiger partial charge in [-0.1, -0.05) is 38.1 Å². The molecule has 0 aliphatic carbocycles. The minimum atomic E-state index is -0.557. The van der Waals surface area contributed by atoms with Crippen molar-refractivity contribution in [2.45, 2.75) is 104 Å². The predicted molar refractivity (Wildman–Crippen MR) is 197 cm³/mol. The van der Waals surface area contributed by atoms with E-state index in [1.54, 1.807) is 4.90 Å². The maximum atomic E-state index is 14.3. The number of amides is 1. The standard InChI is InChI=1S/C39H51N7O4/c1-25(2)28-12-8-9-13-31(28)45-33-24-44(35-26(3)15-16-32-30(35)23-40-46(32)34-14-10-11-21-49-34)27(4)22-29(33)36(41-37(45)47)42-17-19-43(20-18-42)38(48)50-39(5,6)7/h8-9,12-13,15-16,23,25,27,34H,10-11,14,17-22,24H2,1-7H3. The van der Waals surface area contributed by atoms with Crippen LogP contribution in [0.4, 0.5) is 16.3 Å². The van der Waals surface area contributed by atoms with Gasteiger partial charge in [0, 0.05) is 49.8 Å². The molecule has 0 N–H and O–H groups in total. The Morgan fingerprint density at radius 2 is 1.80 bits per heavy atom. The second kappa shape index (κ2) is 13.4. The van der Waals surface area contributed by atoms with Crippen molar-refractivity contribution in [3.05, 3.63) is 75.5 Å². The fourth-order valence-corrected chi connectivity index (χ4v) is 7.84. The van der Waals surface area contributed by atoms with Crippen molar-refractivity contribution in [1.82, 2.24) is 24.2 Å². The number of anilines is 2. The highest BCUT2D eigenvalue weighted by Gasteiger charge is 2.35. The average Bonchev–Trinajstić information content (AvgIpc) is 3.52. The normalized spacial score (nSPS) is 20.0. The number of aromatic nitrogens is 4. The van der Waals surface area contributed by atoms with E-state index in [2.05, 4.69) is 55.7 Å². The number of para-hydroxylation sites is 1. The molecular weight excluding hydrogens is 630 g/mol. The largest absolute Gasteiger partial charge is 0.444 e. The molecule has 0 saturated carbocycles. The molecule has 7 rings (SSSR count). The summed E-state index contributed by atoms with van der Waals surface area (Å²) in [4.78, 5) is 38.4. The molecule has 50 heavy (non-hydrogen) atoms. The van der Waals surface area contributed by atoms with Crippen molar-refractivity contribution in [3.63, 3.8) is 0 Å². The Balaban J connectivity index is 1.31. The van der Waals surface area contributed by atoms with E-state index in [-0.39, 0.29) is 30.0 Å². The van der Waals surface area contributed by atoms with Crippen LogP contribution in [0.1, 0.15) is 95.3 Å². The summed E-state index contributed by atoms with van der Waals surface area (Å²) in [6.07, 6.45) is 5.51. The van der Waals surface area contributed by atoms with Gasteiger partial charge < -0.3 is 24.2 Å². The molecule has 2 aromatic carbocycles. The van der Waals surface area contributed by atoms with E-state index in [1.165, 1.54) is 5.56 Å². The van der Waals surface area contributed by atoms with E-state index in [0.717, 1.165) is 70.8 Å². The first kappa shape index (κ1) is 34.1. The molecule has 2 unspecified atom stereocenters. The smallest absolute Gasteiger partial charge is 0.410 e. The third kappa shape index (κ3) is 6.36. The number of carbonyl (C=O) groups is 1. The van der Waals surface area contributed by atoms with Crippen LogP contribution in [0.3, 0.4) is 0 Å². The van der Waals surface area contributed by atoms with Crippen LogP contribution < -0.4 is 15.5 Å². The van der Waals surface area contributed by atoms with Gasteiger partial charge >= 0.3 is 11.8 Å². The summed E-state index contributed by atoms with van der Waals surface area (Å²) in [6.45, 7) is 17.8. The van der Waals surface area contributed by atoms with Crippen molar-refractivity contribution in [2.24, 2.45) is 0 Å². The molecule has 2 saturated heterocycles. The molecule has 11 nitrogen and oxygen atoms in total. The van der Waals surface area contributed by atoms with Crippen molar-refractivity contribution in [3.8, 4) is 5.69 Å². The molecule has 11 heteroatoms. The van der Waals surface area contributed by atoms with Gasteiger partial charge in [-0.3, -0.25) is 4.57 Å². The number of rotatable bonds is 5. The molecule has 0 bridgehead atoms. The van der Waals surface area contributed by atoms with Gasteiger partial charge in [0.25, 0.3) is 0 Å². The monoisotopic (exact) mass is 681 g/mol. The van der Waals surface area contributed by atoms with Crippen LogP contribution in [0.25, 0.3) is 16.6 Å². The molecule has 3 aliphatic rings. The average molecular weight is 682 g/mol. The molecule has 4 aromatic rings. The first-order chi connectivity index (χ1) is 23.9. The fourth-order valence-electron chi connectivity index (χ4n) is 7.84. The number of ether oxygens (including phenoxy) is 2. The second-order valence-electron chi connectivity index (χ2n) is 15.4. The van der Waals surface area contributed by atoms with Crippen molar-refractivity contribution in [1.29, 1.82) is 0 Å². The maximum Gasteiger partial charge on any atom is 0.410 e. The Hall–Kier alpha value is -4.38. The number of hydrogen-bond acceptors (Lipinski definition) is 8. The Bertz CT molecular complexity index is 1940. The first-order valence-corrected chi connectivity index (χ1v) is 18.2. The molecule has 2 atom stereocenters. The van der Waals surface area contributed by atoms with E-state index < -0.39 is 5.60 Å². The van der Waals surface area contributed by atoms with Gasteiger partial charge in [0.05, 0.1) is 35.3 Å². The van der Waals surface area contributed by atoms with Crippen LogP contribution in [0.5, 0.6) is 0 Å². The van der Waals surface area contributed by atoms with E-state index >= 15 is 0 Å². The zero-order chi connectivity index (χ0) is 35.3. The van der Waals surface area contributed by atoms with Gasteiger partial charge in [0.2, 0.25) is 0 Å². The molecule has 1 amide bonds. The van der Waals surface area contributed by atoms with Crippen molar-refractivity contribution in [2.75, 3.05) is 42.6 Å². The van der Waals surface area contributed by atoms with Crippen LogP contribution >= 0.6 is 0 Å². The highest BCUT2D eigenvalue weighted by Crippen LogP contribution is 2.40. The number of fused-ring (bicyclic) bond motifs is 2. The minimum absolute atomic E-state index is 0.0570. The van der Waals surface area contributed by atoms with Gasteiger partial charge in [-0.2, -0.15) is 10.1 Å². The summed E-state index contributed by atoms with van der Waals surface area (Å²) in [6, 6.07) is 12.7. The lowest BCUT2D eigenvalue weighted by Gasteiger charge is -2.42. The minimum Gasteiger partial charge on any atom is -0.444 e. The molecule has 5 heterocycles. The van der Waals surface area contributed by atoms with E-state index in [1.807, 2.05) is 54.4 Å². The summed E-state index contributed by atoms with van der Waals surface area (Å²) in [7, 11) is 0. The molecule has 266 valence electrons. The molecule has 3 aliphatic heterocycles. The van der Waals surface area contributed by atoms with Gasteiger partial charge in [-0.25, -0.2) is 14.3 Å². The number of aryl methyl sites for hydroxylation is 1. The van der Waals surface area contributed by atoms with Gasteiger partial charge in [0.15, 0.2) is 6.23 Å². The molecule has 2 aromatic heterocycles. The lowest BCUT2D eigenvalue weighted by Crippen LogP contribution is -2.51. The number of hydrogen-bond donors (Lipinski definition) is 0. The van der Waals surface area contributed by atoms with Crippen LogP contribution in [-0.2, 0) is 22.4 Å². The lowest BCUT2D eigenvalue weighted by molar-refractivity contribution is -0.0366. The highest BCUT2D eigenvalue weighted by molar-refractivity contribution is 5.94. The van der Waals surface area contributed by atoms with Gasteiger partial charge in [-0.15, -0.1) is 0 Å². The molecule has 2 fully saturated rings. The quantitative estimate of drug-likeness (QED) is 0.229. The van der Waals surface area contributed by atoms with Crippen LogP contribution in [0, 0.1) is 6.92 Å². The van der Waals surface area contributed by atoms with Crippen LogP contribution in [-0.4, -0.2) is 74.8 Å². The van der Waals surface area contributed by atoms with E-state index in [9.17, 15) is 9.59 Å². The lowest BCUT2D eigenvalue weighted by atomic mass is 9.94. The summed E-state index contributed by atoms with van der Waals surface area (Å²) in [5.41, 5.74) is 6.57. The zero-order valence-corrected chi connectivity index (χ0v) is 30.6. The number of carbonyl (C=O) groups excluding carboxylic acids is 1. The van der Waals surface area contributed by atoms with Gasteiger partial charge in [0.1, 0.15) is 11.4 Å². The molecule has 0 spiro atoms. The Kier molecular flexibility index (Phi) is 9.13. The third-order valence-corrected chi connectivity index (χ3v) is 10.3. The van der Waals surface area contributed by atoms with E-state index in [4.69, 9.17) is 19.6 Å².